The topological polar surface area (TPSA) is 0 Å². The minimum atomic E-state index is -0.103. The van der Waals surface area contributed by atoms with E-state index < -0.39 is 0 Å². The van der Waals surface area contributed by atoms with Crippen LogP contribution in [-0.2, 0) is 0 Å². The molecule has 0 aromatic rings. The fraction of sp³-hybridized carbons (Fsp3) is 0.818. The molecule has 0 heterocycles. The van der Waals surface area contributed by atoms with Gasteiger partial charge in [-0.15, -0.1) is 11.6 Å². The van der Waals surface area contributed by atoms with Crippen LogP contribution in [0.3, 0.4) is 0 Å². The fourth-order valence-electron chi connectivity index (χ4n) is 7.18. The van der Waals surface area contributed by atoms with Crippen molar-refractivity contribution in [1.82, 2.24) is 0 Å². The quantitative estimate of drug-likeness (QED) is 0.257. The fourth-order valence-corrected chi connectivity index (χ4v) is 7.41. The molecule has 0 aliphatic heterocycles. The second-order valence-corrected chi connectivity index (χ2v) is 16.0. The van der Waals surface area contributed by atoms with Crippen LogP contribution in [-0.4, -0.2) is 5.88 Å². The van der Waals surface area contributed by atoms with Crippen LogP contribution in [0.15, 0.2) is 35.5 Å². The van der Waals surface area contributed by atoms with E-state index in [1.807, 2.05) is 0 Å². The van der Waals surface area contributed by atoms with E-state index in [1.165, 1.54) is 6.42 Å². The van der Waals surface area contributed by atoms with Crippen molar-refractivity contribution in [2.75, 3.05) is 5.88 Å². The first-order valence-electron chi connectivity index (χ1n) is 13.8. The minimum Gasteiger partial charge on any atom is -0.125 e. The van der Waals surface area contributed by atoms with E-state index in [0.717, 1.165) is 0 Å². The molecule has 0 bridgehead atoms. The molecule has 196 valence electrons. The zero-order valence-electron chi connectivity index (χ0n) is 25.4. The van der Waals surface area contributed by atoms with Gasteiger partial charge in [-0.2, -0.15) is 0 Å². The van der Waals surface area contributed by atoms with Gasteiger partial charge < -0.3 is 0 Å². The Hall–Kier alpha value is -0.490. The van der Waals surface area contributed by atoms with Gasteiger partial charge in [0.25, 0.3) is 0 Å². The Morgan fingerprint density at radius 2 is 1.38 bits per heavy atom. The van der Waals surface area contributed by atoms with Crippen LogP contribution < -0.4 is 0 Å². The van der Waals surface area contributed by atoms with Crippen LogP contribution in [0.25, 0.3) is 0 Å². The molecule has 0 fully saturated rings. The second-order valence-electron chi connectivity index (χ2n) is 15.8. The van der Waals surface area contributed by atoms with E-state index in [4.69, 9.17) is 11.6 Å². The molecule has 0 aromatic heterocycles. The van der Waals surface area contributed by atoms with Crippen molar-refractivity contribution >= 4 is 11.6 Å². The van der Waals surface area contributed by atoms with Gasteiger partial charge in [-0.1, -0.05) is 134 Å². The molecule has 0 N–H and O–H groups in total. The Morgan fingerprint density at radius 3 is 1.79 bits per heavy atom. The molecule has 0 nitrogen and oxygen atoms in total. The van der Waals surface area contributed by atoms with Crippen molar-refractivity contribution in [3.63, 3.8) is 0 Å². The van der Waals surface area contributed by atoms with Gasteiger partial charge in [-0.3, -0.25) is 0 Å². The number of hydrogen-bond donors (Lipinski definition) is 0. The van der Waals surface area contributed by atoms with Crippen molar-refractivity contribution in [3.8, 4) is 0 Å². The molecule has 34 heavy (non-hydrogen) atoms. The highest BCUT2D eigenvalue weighted by Gasteiger charge is 2.57. The van der Waals surface area contributed by atoms with Gasteiger partial charge in [-0.25, -0.2) is 0 Å². The predicted molar refractivity (Wildman–Crippen MR) is 154 cm³/mol. The Balaban J connectivity index is 2.99. The van der Waals surface area contributed by atoms with Crippen LogP contribution in [0, 0.1) is 56.2 Å². The molecule has 0 amide bonds. The summed E-state index contributed by atoms with van der Waals surface area (Å²) in [6.45, 7) is 36.7. The van der Waals surface area contributed by atoms with E-state index in [0.29, 0.717) is 29.6 Å². The van der Waals surface area contributed by atoms with Crippen molar-refractivity contribution < 1.29 is 0 Å². The lowest BCUT2D eigenvalue weighted by molar-refractivity contribution is 0.0155. The molecule has 0 saturated heterocycles. The van der Waals surface area contributed by atoms with Gasteiger partial charge in [0.05, 0.1) is 0 Å². The average Bonchev–Trinajstić information content (AvgIpc) is 2.69. The monoisotopic (exact) mass is 488 g/mol. The molecule has 1 heteroatoms. The SMILES string of the molecule is CC1C=CC(C)(C(CC(C)(C)C)C(C)(C)C(C)C)C2=C1C(C)(CCl)C=CC2(C)C(C)C(C)(C)C. The minimum absolute atomic E-state index is 0.0177. The average molecular weight is 489 g/mol. The Bertz CT molecular complexity index is 839. The molecule has 2 aliphatic rings. The molecule has 0 saturated carbocycles. The van der Waals surface area contributed by atoms with Crippen LogP contribution in [0.5, 0.6) is 0 Å². The molecule has 0 radical (unpaired) electrons. The van der Waals surface area contributed by atoms with Gasteiger partial charge in [0.15, 0.2) is 0 Å². The third-order valence-electron chi connectivity index (χ3n) is 10.3. The summed E-state index contributed by atoms with van der Waals surface area (Å²) in [5.41, 5.74) is 3.75. The normalized spacial score (nSPS) is 34.4. The Morgan fingerprint density at radius 1 is 0.853 bits per heavy atom. The molecular formula is C33H57Cl. The summed E-state index contributed by atoms with van der Waals surface area (Å²) in [6.07, 6.45) is 11.4. The molecule has 6 unspecified atom stereocenters. The lowest BCUT2D eigenvalue weighted by Gasteiger charge is -2.60. The highest BCUT2D eigenvalue weighted by molar-refractivity contribution is 6.18. The number of alkyl halides is 1. The Kier molecular flexibility index (Phi) is 7.97. The van der Waals surface area contributed by atoms with Crippen LogP contribution >= 0.6 is 11.6 Å². The van der Waals surface area contributed by atoms with Crippen molar-refractivity contribution in [2.45, 2.75) is 110 Å². The van der Waals surface area contributed by atoms with Crippen molar-refractivity contribution in [2.24, 2.45) is 56.2 Å². The molecule has 2 aliphatic carbocycles. The maximum absolute atomic E-state index is 6.78. The largest absolute Gasteiger partial charge is 0.125 e. The zero-order chi connectivity index (χ0) is 26.7. The van der Waals surface area contributed by atoms with Crippen LogP contribution in [0.4, 0.5) is 0 Å². The number of allylic oxidation sites excluding steroid dienone is 6. The number of rotatable bonds is 6. The molecule has 0 spiro atoms. The molecule has 0 aromatic carbocycles. The van der Waals surface area contributed by atoms with E-state index in [2.05, 4.69) is 128 Å². The van der Waals surface area contributed by atoms with E-state index in [1.54, 1.807) is 11.1 Å². The maximum atomic E-state index is 6.78. The van der Waals surface area contributed by atoms with Crippen molar-refractivity contribution in [1.29, 1.82) is 0 Å². The highest BCUT2D eigenvalue weighted by atomic mass is 35.5. The van der Waals surface area contributed by atoms with Crippen LogP contribution in [0.2, 0.25) is 0 Å². The van der Waals surface area contributed by atoms with E-state index >= 15 is 0 Å². The van der Waals surface area contributed by atoms with Gasteiger partial charge in [-0.05, 0) is 51.9 Å². The maximum Gasteiger partial charge on any atom is 0.0349 e. The first-order chi connectivity index (χ1) is 15.1. The van der Waals surface area contributed by atoms with E-state index in [-0.39, 0.29) is 32.5 Å². The summed E-state index contributed by atoms with van der Waals surface area (Å²) in [4.78, 5) is 0. The van der Waals surface area contributed by atoms with Gasteiger partial charge in [0, 0.05) is 22.1 Å². The lowest BCUT2D eigenvalue weighted by atomic mass is 9.44. The smallest absolute Gasteiger partial charge is 0.0349 e. The molecule has 2 rings (SSSR count). The first-order valence-corrected chi connectivity index (χ1v) is 14.3. The Labute approximate surface area is 219 Å². The molecular weight excluding hydrogens is 432 g/mol. The number of hydrogen-bond acceptors (Lipinski definition) is 0. The summed E-state index contributed by atoms with van der Waals surface area (Å²) >= 11 is 6.78. The number of halogens is 1. The molecule has 6 atom stereocenters. The first kappa shape index (κ1) is 29.7. The summed E-state index contributed by atoms with van der Waals surface area (Å²) in [7, 11) is 0. The highest BCUT2D eigenvalue weighted by Crippen LogP contribution is 2.66. The summed E-state index contributed by atoms with van der Waals surface area (Å²) < 4.78 is 0. The standard InChI is InChI=1S/C33H57Cl/c1-22(2)30(11,12)25(20-28(5,6)7)33(15)17-16-23(3)26-27(33)32(14,24(4)29(8,9)10)19-18-31(26,13)21-34/h16-19,22-25H,20-21H2,1-15H3. The zero-order valence-corrected chi connectivity index (χ0v) is 26.2. The summed E-state index contributed by atoms with van der Waals surface area (Å²) in [6, 6.07) is 0. The van der Waals surface area contributed by atoms with Crippen LogP contribution in [0.1, 0.15) is 110 Å². The second kappa shape index (κ2) is 9.11. The third kappa shape index (κ3) is 5.01. The van der Waals surface area contributed by atoms with Crippen molar-refractivity contribution in [3.05, 3.63) is 35.5 Å². The summed E-state index contributed by atoms with van der Waals surface area (Å²) in [5.74, 6) is 2.65. The summed E-state index contributed by atoms with van der Waals surface area (Å²) in [5, 5.41) is 0. The van der Waals surface area contributed by atoms with Gasteiger partial charge >= 0.3 is 0 Å². The lowest BCUT2D eigenvalue weighted by Crippen LogP contribution is -2.52. The van der Waals surface area contributed by atoms with Gasteiger partial charge in [0.2, 0.25) is 0 Å². The van der Waals surface area contributed by atoms with Gasteiger partial charge in [0.1, 0.15) is 0 Å². The third-order valence-corrected chi connectivity index (χ3v) is 10.9. The predicted octanol–water partition coefficient (Wildman–Crippen LogP) is 10.7. The van der Waals surface area contributed by atoms with E-state index in [9.17, 15) is 0 Å².